The lowest BCUT2D eigenvalue weighted by Crippen LogP contribution is -2.36. The average molecular weight is 359 g/mol. The molecule has 0 bridgehead atoms. The first kappa shape index (κ1) is 18.1. The third kappa shape index (κ3) is 5.41. The van der Waals surface area contributed by atoms with Gasteiger partial charge >= 0.3 is 12.4 Å². The van der Waals surface area contributed by atoms with E-state index in [9.17, 15) is 18.0 Å². The van der Waals surface area contributed by atoms with Crippen molar-refractivity contribution in [1.82, 2.24) is 15.6 Å². The molecule has 0 spiro atoms. The molecular formula is C15H16F3N3O2S. The number of aryl methyl sites for hydroxylation is 1. The predicted octanol–water partition coefficient (Wildman–Crippen LogP) is 3.91. The molecule has 0 unspecified atom stereocenters. The van der Waals surface area contributed by atoms with Crippen LogP contribution in [0.15, 0.2) is 29.8 Å². The Hall–Kier alpha value is -2.29. The molecule has 0 aliphatic rings. The van der Waals surface area contributed by atoms with Gasteiger partial charge in [0.2, 0.25) is 0 Å². The Morgan fingerprint density at radius 1 is 1.33 bits per heavy atom. The maximum absolute atomic E-state index is 12.1. The Kier molecular flexibility index (Phi) is 5.66. The number of aromatic nitrogens is 1. The monoisotopic (exact) mass is 359 g/mol. The van der Waals surface area contributed by atoms with Crippen molar-refractivity contribution in [1.29, 1.82) is 0 Å². The number of urea groups is 1. The van der Waals surface area contributed by atoms with E-state index in [1.807, 2.05) is 6.92 Å². The van der Waals surface area contributed by atoms with Gasteiger partial charge < -0.3 is 15.4 Å². The van der Waals surface area contributed by atoms with E-state index in [1.54, 1.807) is 12.4 Å². The van der Waals surface area contributed by atoms with Gasteiger partial charge in [-0.1, -0.05) is 12.1 Å². The molecule has 1 aromatic carbocycles. The number of thiazole rings is 1. The van der Waals surface area contributed by atoms with E-state index in [4.69, 9.17) is 0 Å². The zero-order valence-electron chi connectivity index (χ0n) is 13.0. The summed E-state index contributed by atoms with van der Waals surface area (Å²) in [7, 11) is 0. The molecule has 24 heavy (non-hydrogen) atoms. The second-order valence-corrected chi connectivity index (χ2v) is 5.97. The van der Waals surface area contributed by atoms with Crippen molar-refractivity contribution in [2.24, 2.45) is 0 Å². The minimum Gasteiger partial charge on any atom is -0.406 e. The van der Waals surface area contributed by atoms with Gasteiger partial charge in [0.1, 0.15) is 5.75 Å². The molecule has 0 saturated heterocycles. The highest BCUT2D eigenvalue weighted by Gasteiger charge is 2.31. The number of nitrogens with zero attached hydrogens (tertiary/aromatic N) is 1. The van der Waals surface area contributed by atoms with Gasteiger partial charge in [0, 0.05) is 4.88 Å². The molecule has 1 aromatic heterocycles. The number of alkyl halides is 3. The quantitative estimate of drug-likeness (QED) is 0.851. The first-order valence-electron chi connectivity index (χ1n) is 7.03. The van der Waals surface area contributed by atoms with Crippen LogP contribution < -0.4 is 15.4 Å². The molecular weight excluding hydrogens is 343 g/mol. The van der Waals surface area contributed by atoms with Gasteiger partial charge in [0.05, 0.1) is 23.8 Å². The number of amides is 2. The number of carbonyl (C=O) groups excluding carboxylic acids is 1. The van der Waals surface area contributed by atoms with Gasteiger partial charge in [0.15, 0.2) is 0 Å². The number of halogens is 3. The summed E-state index contributed by atoms with van der Waals surface area (Å²) in [5, 5.41) is 5.43. The van der Waals surface area contributed by atoms with Gasteiger partial charge in [0.25, 0.3) is 0 Å². The van der Waals surface area contributed by atoms with Gasteiger partial charge in [-0.15, -0.1) is 24.5 Å². The molecule has 0 fully saturated rings. The summed E-state index contributed by atoms with van der Waals surface area (Å²) in [6.07, 6.45) is -4.72. The Labute approximate surface area is 140 Å². The summed E-state index contributed by atoms with van der Waals surface area (Å²) in [5.41, 5.74) is 3.24. The van der Waals surface area contributed by atoms with Gasteiger partial charge in [-0.25, -0.2) is 9.78 Å². The number of nitrogens with one attached hydrogen (secondary N) is 2. The summed E-state index contributed by atoms with van der Waals surface area (Å²) in [4.78, 5) is 16.9. The number of benzene rings is 1. The lowest BCUT2D eigenvalue weighted by molar-refractivity contribution is -0.274. The third-order valence-corrected chi connectivity index (χ3v) is 4.15. The van der Waals surface area contributed by atoms with Crippen LogP contribution in [0.4, 0.5) is 18.0 Å². The van der Waals surface area contributed by atoms with Crippen molar-refractivity contribution < 1.29 is 22.7 Å². The molecule has 0 aliphatic heterocycles. The molecule has 2 rings (SSSR count). The minimum absolute atomic E-state index is 0.302. The van der Waals surface area contributed by atoms with E-state index in [2.05, 4.69) is 20.4 Å². The van der Waals surface area contributed by atoms with Crippen molar-refractivity contribution >= 4 is 17.4 Å². The van der Waals surface area contributed by atoms with Crippen LogP contribution in [-0.4, -0.2) is 17.4 Å². The summed E-state index contributed by atoms with van der Waals surface area (Å²) in [6.45, 7) is 3.96. The fourth-order valence-corrected chi connectivity index (χ4v) is 2.66. The standard InChI is InChI=1S/C15H16F3N3O2S/c1-9(11-3-5-12(6-4-11)23-15(16,17)18)21-14(22)19-7-13-10(2)20-8-24-13/h3-6,8-9H,7H2,1-2H3,(H2,19,21,22)/t9-/m0/s1. The van der Waals surface area contributed by atoms with E-state index in [-0.39, 0.29) is 17.8 Å². The van der Waals surface area contributed by atoms with Crippen LogP contribution in [-0.2, 0) is 6.54 Å². The van der Waals surface area contributed by atoms with Crippen molar-refractivity contribution in [2.45, 2.75) is 32.8 Å². The minimum atomic E-state index is -4.72. The van der Waals surface area contributed by atoms with Crippen LogP contribution in [0.1, 0.15) is 29.1 Å². The maximum atomic E-state index is 12.1. The molecule has 130 valence electrons. The van der Waals surface area contributed by atoms with Gasteiger partial charge in [-0.3, -0.25) is 0 Å². The normalized spacial score (nSPS) is 12.5. The first-order valence-corrected chi connectivity index (χ1v) is 7.91. The number of hydrogen-bond donors (Lipinski definition) is 2. The molecule has 0 radical (unpaired) electrons. The molecule has 0 saturated carbocycles. The fourth-order valence-electron chi connectivity index (χ4n) is 1.95. The van der Waals surface area contributed by atoms with Gasteiger partial charge in [-0.2, -0.15) is 0 Å². The maximum Gasteiger partial charge on any atom is 0.573 e. The Morgan fingerprint density at radius 2 is 2.00 bits per heavy atom. The van der Waals surface area contributed by atoms with Crippen LogP contribution in [0.5, 0.6) is 5.75 Å². The van der Waals surface area contributed by atoms with Gasteiger partial charge in [-0.05, 0) is 31.5 Å². The van der Waals surface area contributed by atoms with Crippen molar-refractivity contribution in [3.8, 4) is 5.75 Å². The first-order chi connectivity index (χ1) is 11.2. The second-order valence-electron chi connectivity index (χ2n) is 5.03. The van der Waals surface area contributed by atoms with E-state index in [0.717, 1.165) is 10.6 Å². The third-order valence-electron chi connectivity index (χ3n) is 3.22. The van der Waals surface area contributed by atoms with Crippen LogP contribution in [0.25, 0.3) is 0 Å². The van der Waals surface area contributed by atoms with E-state index in [0.29, 0.717) is 12.1 Å². The average Bonchev–Trinajstić information content (AvgIpc) is 2.89. The molecule has 0 aliphatic carbocycles. The molecule has 1 atom stereocenters. The highest BCUT2D eigenvalue weighted by molar-refractivity contribution is 7.09. The second kappa shape index (κ2) is 7.52. The number of carbonyl (C=O) groups is 1. The predicted molar refractivity (Wildman–Crippen MR) is 83.8 cm³/mol. The fraction of sp³-hybridized carbons (Fsp3) is 0.333. The number of hydrogen-bond acceptors (Lipinski definition) is 4. The molecule has 5 nitrogen and oxygen atoms in total. The molecule has 9 heteroatoms. The summed E-state index contributed by atoms with van der Waals surface area (Å²) < 4.78 is 40.1. The number of ether oxygens (including phenoxy) is 1. The molecule has 1 heterocycles. The SMILES string of the molecule is Cc1ncsc1CNC(=O)N[C@@H](C)c1ccc(OC(F)(F)F)cc1. The Balaban J connectivity index is 1.86. The van der Waals surface area contributed by atoms with E-state index in [1.165, 1.54) is 35.6 Å². The molecule has 2 amide bonds. The van der Waals surface area contributed by atoms with Crippen molar-refractivity contribution in [3.05, 3.63) is 45.9 Å². The zero-order chi connectivity index (χ0) is 17.7. The van der Waals surface area contributed by atoms with Crippen LogP contribution in [0, 0.1) is 6.92 Å². The molecule has 2 aromatic rings. The summed E-state index contributed by atoms with van der Waals surface area (Å²) >= 11 is 1.45. The Morgan fingerprint density at radius 3 is 2.54 bits per heavy atom. The van der Waals surface area contributed by atoms with Crippen LogP contribution in [0.2, 0.25) is 0 Å². The summed E-state index contributed by atoms with van der Waals surface area (Å²) in [5.74, 6) is -0.302. The lowest BCUT2D eigenvalue weighted by atomic mass is 10.1. The molecule has 2 N–H and O–H groups in total. The topological polar surface area (TPSA) is 63.2 Å². The highest BCUT2D eigenvalue weighted by atomic mass is 32.1. The lowest BCUT2D eigenvalue weighted by Gasteiger charge is -2.16. The van der Waals surface area contributed by atoms with Crippen LogP contribution in [0.3, 0.4) is 0 Å². The number of rotatable bonds is 5. The zero-order valence-corrected chi connectivity index (χ0v) is 13.8. The van der Waals surface area contributed by atoms with E-state index >= 15 is 0 Å². The Bertz CT molecular complexity index is 686. The van der Waals surface area contributed by atoms with Crippen LogP contribution >= 0.6 is 11.3 Å². The highest BCUT2D eigenvalue weighted by Crippen LogP contribution is 2.24. The smallest absolute Gasteiger partial charge is 0.406 e. The van der Waals surface area contributed by atoms with Crippen molar-refractivity contribution in [2.75, 3.05) is 0 Å². The largest absolute Gasteiger partial charge is 0.573 e. The van der Waals surface area contributed by atoms with Crippen molar-refractivity contribution in [3.63, 3.8) is 0 Å². The van der Waals surface area contributed by atoms with E-state index < -0.39 is 6.36 Å². The summed E-state index contributed by atoms with van der Waals surface area (Å²) in [6, 6.07) is 4.62.